The van der Waals surface area contributed by atoms with E-state index in [0.717, 1.165) is 47.2 Å². The topological polar surface area (TPSA) is 66.0 Å². The van der Waals surface area contributed by atoms with Crippen LogP contribution < -0.4 is 0 Å². The van der Waals surface area contributed by atoms with Crippen molar-refractivity contribution in [3.8, 4) is 11.4 Å². The maximum atomic E-state index is 12.1. The van der Waals surface area contributed by atoms with Gasteiger partial charge in [0.05, 0.1) is 22.5 Å². The minimum absolute atomic E-state index is 0.397. The van der Waals surface area contributed by atoms with Crippen molar-refractivity contribution >= 4 is 27.8 Å². The van der Waals surface area contributed by atoms with Crippen molar-refractivity contribution in [1.29, 1.82) is 0 Å². The van der Waals surface area contributed by atoms with Crippen molar-refractivity contribution in [2.75, 3.05) is 0 Å². The van der Waals surface area contributed by atoms with E-state index in [1.165, 1.54) is 16.5 Å². The molecule has 0 radical (unpaired) electrons. The molecule has 1 aliphatic rings. The minimum Gasteiger partial charge on any atom is -0.478 e. The number of aryl methyl sites for hydroxylation is 2. The summed E-state index contributed by atoms with van der Waals surface area (Å²) in [7, 11) is 0. The summed E-state index contributed by atoms with van der Waals surface area (Å²) in [6.07, 6.45) is 2.57. The molecule has 0 unspecified atom stereocenters. The molecule has 0 fully saturated rings. The number of nitrogens with zero attached hydrogens (tertiary/aromatic N) is 1. The summed E-state index contributed by atoms with van der Waals surface area (Å²) in [4.78, 5) is 20.5. The number of fused-ring (bicyclic) bond motifs is 6. The monoisotopic (exact) mass is 342 g/mol. The zero-order chi connectivity index (χ0) is 17.8. The summed E-state index contributed by atoms with van der Waals surface area (Å²) in [6, 6.07) is 13.9. The molecule has 4 nitrogen and oxygen atoms in total. The van der Waals surface area contributed by atoms with Crippen LogP contribution in [0.4, 0.5) is 0 Å². The number of pyridine rings is 1. The van der Waals surface area contributed by atoms with Crippen LogP contribution >= 0.6 is 0 Å². The lowest BCUT2D eigenvalue weighted by atomic mass is 9.97. The Hall–Kier alpha value is -3.14. The van der Waals surface area contributed by atoms with Crippen LogP contribution in [0.25, 0.3) is 33.2 Å². The number of carboxylic acids is 1. The van der Waals surface area contributed by atoms with Gasteiger partial charge in [0.15, 0.2) is 0 Å². The number of aromatic amines is 1. The molecule has 0 aliphatic heterocycles. The molecule has 0 spiro atoms. The second-order valence-corrected chi connectivity index (χ2v) is 7.02. The van der Waals surface area contributed by atoms with Gasteiger partial charge in [-0.05, 0) is 55.5 Å². The largest absolute Gasteiger partial charge is 0.478 e. The molecule has 26 heavy (non-hydrogen) atoms. The van der Waals surface area contributed by atoms with Crippen molar-refractivity contribution in [2.45, 2.75) is 26.2 Å². The Balaban J connectivity index is 1.92. The van der Waals surface area contributed by atoms with E-state index < -0.39 is 5.97 Å². The number of benzene rings is 2. The number of carboxylic acid groups (broad SMARTS) is 1. The van der Waals surface area contributed by atoms with E-state index in [1.807, 2.05) is 24.3 Å². The van der Waals surface area contributed by atoms with Gasteiger partial charge in [-0.2, -0.15) is 0 Å². The van der Waals surface area contributed by atoms with Crippen molar-refractivity contribution in [1.82, 2.24) is 9.97 Å². The zero-order valence-electron chi connectivity index (χ0n) is 14.5. The molecule has 4 aromatic rings. The second kappa shape index (κ2) is 5.43. The summed E-state index contributed by atoms with van der Waals surface area (Å²) in [5.41, 5.74) is 7.30. The Morgan fingerprint density at radius 2 is 1.88 bits per heavy atom. The zero-order valence-corrected chi connectivity index (χ0v) is 14.5. The third-order valence-electron chi connectivity index (χ3n) is 5.36. The summed E-state index contributed by atoms with van der Waals surface area (Å²) in [6.45, 7) is 2.10. The van der Waals surface area contributed by atoms with Gasteiger partial charge in [0.2, 0.25) is 0 Å². The summed E-state index contributed by atoms with van der Waals surface area (Å²) >= 11 is 0. The lowest BCUT2D eigenvalue weighted by Crippen LogP contribution is -2.07. The number of aromatic nitrogens is 2. The van der Waals surface area contributed by atoms with Crippen LogP contribution in [0.15, 0.2) is 42.5 Å². The third kappa shape index (κ3) is 2.08. The van der Waals surface area contributed by atoms with E-state index in [2.05, 4.69) is 30.1 Å². The first-order valence-electron chi connectivity index (χ1n) is 8.90. The first kappa shape index (κ1) is 15.1. The van der Waals surface area contributed by atoms with Gasteiger partial charge in [-0.25, -0.2) is 9.78 Å². The molecule has 5 rings (SSSR count). The summed E-state index contributed by atoms with van der Waals surface area (Å²) in [5, 5.41) is 11.9. The van der Waals surface area contributed by atoms with Crippen LogP contribution in [0.3, 0.4) is 0 Å². The van der Waals surface area contributed by atoms with Crippen LogP contribution in [0, 0.1) is 6.92 Å². The van der Waals surface area contributed by atoms with Gasteiger partial charge in [0.1, 0.15) is 0 Å². The average Bonchev–Trinajstić information content (AvgIpc) is 2.88. The second-order valence-electron chi connectivity index (χ2n) is 7.02. The van der Waals surface area contributed by atoms with Gasteiger partial charge in [-0.1, -0.05) is 29.8 Å². The quantitative estimate of drug-likeness (QED) is 0.518. The van der Waals surface area contributed by atoms with Gasteiger partial charge in [0.25, 0.3) is 0 Å². The Bertz CT molecular complexity index is 1200. The van der Waals surface area contributed by atoms with Gasteiger partial charge in [0, 0.05) is 16.3 Å². The normalized spacial score (nSPS) is 13.4. The molecule has 0 bridgehead atoms. The molecule has 1 aliphatic carbocycles. The van der Waals surface area contributed by atoms with Gasteiger partial charge in [-0.3, -0.25) is 0 Å². The van der Waals surface area contributed by atoms with Crippen molar-refractivity contribution in [3.63, 3.8) is 0 Å². The molecule has 2 heterocycles. The SMILES string of the molecule is Cc1ccc2[nH]c3c(c2c1)CCCc1c-3nc2ccccc2c1C(=O)O. The number of carbonyl (C=O) groups is 1. The Kier molecular flexibility index (Phi) is 3.16. The number of nitrogens with one attached hydrogen (secondary N) is 1. The molecule has 4 heteroatoms. The average molecular weight is 342 g/mol. The van der Waals surface area contributed by atoms with E-state index in [0.29, 0.717) is 10.9 Å². The smallest absolute Gasteiger partial charge is 0.336 e. The fourth-order valence-corrected chi connectivity index (χ4v) is 4.21. The molecule has 2 aromatic heterocycles. The number of para-hydroxylation sites is 1. The maximum absolute atomic E-state index is 12.1. The Morgan fingerprint density at radius 1 is 1.08 bits per heavy atom. The predicted octanol–water partition coefficient (Wildman–Crippen LogP) is 4.88. The van der Waals surface area contributed by atoms with Crippen LogP contribution in [0.5, 0.6) is 0 Å². The molecular weight excluding hydrogens is 324 g/mol. The first-order chi connectivity index (χ1) is 12.6. The van der Waals surface area contributed by atoms with Gasteiger partial charge >= 0.3 is 5.97 Å². The maximum Gasteiger partial charge on any atom is 0.336 e. The Labute approximate surface area is 150 Å². The number of H-pyrrole nitrogens is 1. The van der Waals surface area contributed by atoms with E-state index in [4.69, 9.17) is 4.98 Å². The van der Waals surface area contributed by atoms with Crippen LogP contribution in [0.2, 0.25) is 0 Å². The lowest BCUT2D eigenvalue weighted by Gasteiger charge is -2.12. The predicted molar refractivity (Wildman–Crippen MR) is 103 cm³/mol. The molecule has 0 saturated heterocycles. The fraction of sp³-hybridized carbons (Fsp3) is 0.182. The van der Waals surface area contributed by atoms with Crippen LogP contribution in [-0.2, 0) is 12.8 Å². The molecule has 2 N–H and O–H groups in total. The summed E-state index contributed by atoms with van der Waals surface area (Å²) < 4.78 is 0. The van der Waals surface area contributed by atoms with Crippen LogP contribution in [0.1, 0.15) is 33.5 Å². The highest BCUT2D eigenvalue weighted by atomic mass is 16.4. The highest BCUT2D eigenvalue weighted by Gasteiger charge is 2.26. The summed E-state index contributed by atoms with van der Waals surface area (Å²) in [5.74, 6) is -0.879. The molecule has 0 atom stereocenters. The number of hydrogen-bond donors (Lipinski definition) is 2. The van der Waals surface area contributed by atoms with Gasteiger partial charge < -0.3 is 10.1 Å². The van der Waals surface area contributed by atoms with Crippen molar-refractivity contribution < 1.29 is 9.90 Å². The number of rotatable bonds is 1. The van der Waals surface area contributed by atoms with Gasteiger partial charge in [-0.15, -0.1) is 0 Å². The first-order valence-corrected chi connectivity index (χ1v) is 8.90. The molecular formula is C22H18N2O2. The fourth-order valence-electron chi connectivity index (χ4n) is 4.21. The molecule has 2 aromatic carbocycles. The Morgan fingerprint density at radius 3 is 2.73 bits per heavy atom. The molecule has 128 valence electrons. The highest BCUT2D eigenvalue weighted by Crippen LogP contribution is 2.39. The number of hydrogen-bond acceptors (Lipinski definition) is 2. The number of aromatic carboxylic acids is 1. The van der Waals surface area contributed by atoms with Crippen molar-refractivity contribution in [3.05, 3.63) is 64.7 Å². The highest BCUT2D eigenvalue weighted by molar-refractivity contribution is 6.06. The van der Waals surface area contributed by atoms with E-state index in [-0.39, 0.29) is 0 Å². The van der Waals surface area contributed by atoms with E-state index in [9.17, 15) is 9.90 Å². The lowest BCUT2D eigenvalue weighted by molar-refractivity contribution is 0.0698. The standard InChI is InChI=1S/C22H18N2O2/c1-12-9-10-18-16(11-12)13-6-4-7-15-19(22(25)26)14-5-2-3-8-17(14)23-21(15)20(13)24-18/h2-3,5,8-11,24H,4,6-7H2,1H3,(H,25,26). The molecule has 0 saturated carbocycles. The van der Waals surface area contributed by atoms with E-state index >= 15 is 0 Å². The van der Waals surface area contributed by atoms with Crippen LogP contribution in [-0.4, -0.2) is 21.0 Å². The van der Waals surface area contributed by atoms with Crippen molar-refractivity contribution in [2.24, 2.45) is 0 Å². The van der Waals surface area contributed by atoms with E-state index in [1.54, 1.807) is 0 Å². The minimum atomic E-state index is -0.879. The molecule has 0 amide bonds. The third-order valence-corrected chi connectivity index (χ3v) is 5.36.